The van der Waals surface area contributed by atoms with Gasteiger partial charge in [0.1, 0.15) is 6.61 Å². The fraction of sp³-hybridized carbons (Fsp3) is 0.214. The zero-order valence-corrected chi connectivity index (χ0v) is 9.80. The van der Waals surface area contributed by atoms with Crippen LogP contribution < -0.4 is 0 Å². The summed E-state index contributed by atoms with van der Waals surface area (Å²) in [7, 11) is 1.89. The summed E-state index contributed by atoms with van der Waals surface area (Å²) in [5.74, 6) is 0.0153. The van der Waals surface area contributed by atoms with Crippen molar-refractivity contribution >= 4 is 5.78 Å². The van der Waals surface area contributed by atoms with Gasteiger partial charge in [0.2, 0.25) is 0 Å². The normalized spacial score (nSPS) is 10.4. The second-order valence-electron chi connectivity index (χ2n) is 3.97. The lowest BCUT2D eigenvalue weighted by Crippen LogP contribution is -2.08. The molecule has 0 amide bonds. The second kappa shape index (κ2) is 5.46. The molecule has 0 spiro atoms. The molecule has 0 aliphatic carbocycles. The molecule has 0 fully saturated rings. The molecule has 0 atom stereocenters. The Morgan fingerprint density at radius 3 is 2.65 bits per heavy atom. The molecular weight excluding hydrogens is 214 g/mol. The quantitative estimate of drug-likeness (QED) is 0.737. The fourth-order valence-corrected chi connectivity index (χ4v) is 1.59. The Morgan fingerprint density at radius 1 is 1.24 bits per heavy atom. The molecule has 0 unspecified atom stereocenters. The van der Waals surface area contributed by atoms with Gasteiger partial charge in [0.05, 0.1) is 6.61 Å². The maximum Gasteiger partial charge on any atom is 0.189 e. The van der Waals surface area contributed by atoms with Crippen molar-refractivity contribution < 1.29 is 9.53 Å². The van der Waals surface area contributed by atoms with Crippen molar-refractivity contribution in [2.75, 3.05) is 6.61 Å². The van der Waals surface area contributed by atoms with Crippen molar-refractivity contribution in [2.24, 2.45) is 7.05 Å². The van der Waals surface area contributed by atoms with Crippen LogP contribution >= 0.6 is 0 Å². The van der Waals surface area contributed by atoms with E-state index < -0.39 is 0 Å². The largest absolute Gasteiger partial charge is 0.369 e. The third-order valence-corrected chi connectivity index (χ3v) is 2.50. The Bertz CT molecular complexity index is 488. The highest BCUT2D eigenvalue weighted by Crippen LogP contribution is 2.04. The van der Waals surface area contributed by atoms with E-state index in [4.69, 9.17) is 4.74 Å². The van der Waals surface area contributed by atoms with Crippen LogP contribution in [0.25, 0.3) is 0 Å². The van der Waals surface area contributed by atoms with Gasteiger partial charge in [-0.2, -0.15) is 0 Å². The van der Waals surface area contributed by atoms with E-state index >= 15 is 0 Å². The topological polar surface area (TPSA) is 31.2 Å². The molecule has 0 N–H and O–H groups in total. The third kappa shape index (κ3) is 3.29. The van der Waals surface area contributed by atoms with Crippen molar-refractivity contribution in [1.29, 1.82) is 0 Å². The van der Waals surface area contributed by atoms with Crippen LogP contribution in [0.4, 0.5) is 0 Å². The number of rotatable bonds is 5. The maximum atomic E-state index is 11.7. The number of carbonyl (C=O) groups excluding carboxylic acids is 1. The number of Topliss-reactive ketones (excluding diaryl/α,β-unsaturated/α-hetero) is 1. The van der Waals surface area contributed by atoms with Gasteiger partial charge < -0.3 is 9.30 Å². The van der Waals surface area contributed by atoms with Gasteiger partial charge in [-0.3, -0.25) is 4.79 Å². The van der Waals surface area contributed by atoms with Gasteiger partial charge in [0, 0.05) is 25.0 Å². The van der Waals surface area contributed by atoms with E-state index in [9.17, 15) is 4.79 Å². The Balaban J connectivity index is 1.81. The lowest BCUT2D eigenvalue weighted by Gasteiger charge is -2.02. The van der Waals surface area contributed by atoms with Gasteiger partial charge >= 0.3 is 0 Å². The van der Waals surface area contributed by atoms with Gasteiger partial charge in [-0.1, -0.05) is 30.3 Å². The predicted octanol–water partition coefficient (Wildman–Crippen LogP) is 2.42. The highest BCUT2D eigenvalue weighted by molar-refractivity contribution is 5.96. The maximum absolute atomic E-state index is 11.7. The number of aryl methyl sites for hydroxylation is 1. The molecule has 17 heavy (non-hydrogen) atoms. The summed E-state index contributed by atoms with van der Waals surface area (Å²) >= 11 is 0. The monoisotopic (exact) mass is 229 g/mol. The number of hydrogen-bond acceptors (Lipinski definition) is 2. The number of ketones is 1. The van der Waals surface area contributed by atoms with Crippen LogP contribution in [-0.2, 0) is 18.4 Å². The molecule has 1 aromatic carbocycles. The first-order chi connectivity index (χ1) is 8.25. The van der Waals surface area contributed by atoms with E-state index in [1.54, 1.807) is 12.3 Å². The zero-order valence-electron chi connectivity index (χ0n) is 9.80. The Hall–Kier alpha value is -1.87. The second-order valence-corrected chi connectivity index (χ2v) is 3.97. The van der Waals surface area contributed by atoms with Crippen LogP contribution in [-0.4, -0.2) is 17.0 Å². The highest BCUT2D eigenvalue weighted by Gasteiger charge is 2.06. The lowest BCUT2D eigenvalue weighted by molar-refractivity contribution is 0.0726. The number of nitrogens with zero attached hydrogens (tertiary/aromatic N) is 1. The van der Waals surface area contributed by atoms with E-state index in [1.807, 2.05) is 48.1 Å². The van der Waals surface area contributed by atoms with Gasteiger partial charge in [-0.15, -0.1) is 0 Å². The summed E-state index contributed by atoms with van der Waals surface area (Å²) in [6.45, 7) is 0.596. The van der Waals surface area contributed by atoms with Gasteiger partial charge in [0.15, 0.2) is 5.78 Å². The zero-order chi connectivity index (χ0) is 12.1. The number of hydrogen-bond donors (Lipinski definition) is 0. The van der Waals surface area contributed by atoms with Crippen LogP contribution in [0, 0.1) is 0 Å². The lowest BCUT2D eigenvalue weighted by atomic mass is 10.2. The van der Waals surface area contributed by atoms with Crippen LogP contribution in [0.15, 0.2) is 48.8 Å². The number of carbonyl (C=O) groups is 1. The summed E-state index contributed by atoms with van der Waals surface area (Å²) in [4.78, 5) is 11.7. The third-order valence-electron chi connectivity index (χ3n) is 2.50. The summed E-state index contributed by atoms with van der Waals surface area (Å²) in [5.41, 5.74) is 1.77. The number of aromatic nitrogens is 1. The molecule has 3 nitrogen and oxygen atoms in total. The van der Waals surface area contributed by atoms with Crippen LogP contribution in [0.2, 0.25) is 0 Å². The summed E-state index contributed by atoms with van der Waals surface area (Å²) in [6.07, 6.45) is 3.65. The summed E-state index contributed by atoms with van der Waals surface area (Å²) in [6, 6.07) is 11.6. The molecular formula is C14H15NO2. The van der Waals surface area contributed by atoms with Crippen LogP contribution in [0.5, 0.6) is 0 Å². The minimum Gasteiger partial charge on any atom is -0.369 e. The van der Waals surface area contributed by atoms with E-state index in [2.05, 4.69) is 0 Å². The molecule has 2 rings (SSSR count). The summed E-state index contributed by atoms with van der Waals surface area (Å²) in [5, 5.41) is 0. The van der Waals surface area contributed by atoms with Crippen molar-refractivity contribution in [1.82, 2.24) is 4.57 Å². The van der Waals surface area contributed by atoms with Crippen molar-refractivity contribution in [2.45, 2.75) is 6.61 Å². The highest BCUT2D eigenvalue weighted by atomic mass is 16.5. The molecule has 0 aliphatic rings. The average Bonchev–Trinajstić information content (AvgIpc) is 2.77. The molecule has 2 aromatic rings. The average molecular weight is 229 g/mol. The summed E-state index contributed by atoms with van der Waals surface area (Å²) < 4.78 is 7.24. The first kappa shape index (κ1) is 11.6. The molecule has 0 radical (unpaired) electrons. The van der Waals surface area contributed by atoms with Gasteiger partial charge in [0.25, 0.3) is 0 Å². The molecule has 0 bridgehead atoms. The minimum absolute atomic E-state index is 0.0153. The SMILES string of the molecule is Cn1ccc(C(=O)COCc2ccccc2)c1. The molecule has 1 aromatic heterocycles. The molecule has 3 heteroatoms. The Kier molecular flexibility index (Phi) is 3.73. The van der Waals surface area contributed by atoms with Gasteiger partial charge in [-0.25, -0.2) is 0 Å². The van der Waals surface area contributed by atoms with Crippen molar-refractivity contribution in [3.8, 4) is 0 Å². The smallest absolute Gasteiger partial charge is 0.189 e. The fourth-order valence-electron chi connectivity index (χ4n) is 1.59. The molecule has 1 heterocycles. The first-order valence-electron chi connectivity index (χ1n) is 5.52. The van der Waals surface area contributed by atoms with E-state index in [0.29, 0.717) is 12.2 Å². The van der Waals surface area contributed by atoms with Gasteiger partial charge in [-0.05, 0) is 11.6 Å². The Morgan fingerprint density at radius 2 is 2.00 bits per heavy atom. The number of benzene rings is 1. The van der Waals surface area contributed by atoms with Crippen molar-refractivity contribution in [3.63, 3.8) is 0 Å². The molecule has 0 saturated heterocycles. The van der Waals surface area contributed by atoms with Crippen LogP contribution in [0.3, 0.4) is 0 Å². The van der Waals surface area contributed by atoms with E-state index in [0.717, 1.165) is 5.56 Å². The molecule has 88 valence electrons. The number of ether oxygens (including phenoxy) is 1. The Labute approximate surface area is 101 Å². The first-order valence-corrected chi connectivity index (χ1v) is 5.52. The predicted molar refractivity (Wildman–Crippen MR) is 65.8 cm³/mol. The van der Waals surface area contributed by atoms with Crippen molar-refractivity contribution in [3.05, 3.63) is 59.9 Å². The van der Waals surface area contributed by atoms with Crippen LogP contribution in [0.1, 0.15) is 15.9 Å². The van der Waals surface area contributed by atoms with E-state index in [-0.39, 0.29) is 12.4 Å². The minimum atomic E-state index is 0.0153. The standard InChI is InChI=1S/C14H15NO2/c1-15-8-7-13(9-15)14(16)11-17-10-12-5-3-2-4-6-12/h2-9H,10-11H2,1H3. The molecule has 0 aliphatic heterocycles. The molecule has 0 saturated carbocycles. The van der Waals surface area contributed by atoms with E-state index in [1.165, 1.54) is 0 Å².